The zero-order valence-corrected chi connectivity index (χ0v) is 22.8. The highest BCUT2D eigenvalue weighted by molar-refractivity contribution is 7.90. The van der Waals surface area contributed by atoms with Crippen molar-refractivity contribution in [1.82, 2.24) is 9.29 Å². The van der Waals surface area contributed by atoms with Gasteiger partial charge in [0.15, 0.2) is 0 Å². The van der Waals surface area contributed by atoms with Crippen LogP contribution in [0, 0.1) is 6.92 Å². The van der Waals surface area contributed by atoms with Gasteiger partial charge in [0.2, 0.25) is 0 Å². The van der Waals surface area contributed by atoms with Crippen LogP contribution < -0.4 is 14.8 Å². The third kappa shape index (κ3) is 6.22. The van der Waals surface area contributed by atoms with E-state index in [0.29, 0.717) is 27.6 Å². The number of nitrogens with zero attached hydrogens (tertiary/aromatic N) is 1. The molecule has 2 amide bonds. The van der Waals surface area contributed by atoms with Crippen molar-refractivity contribution in [3.8, 4) is 5.75 Å². The van der Waals surface area contributed by atoms with Gasteiger partial charge in [-0.25, -0.2) is 17.9 Å². The normalized spacial score (nSPS) is 22.9. The average molecular weight is 587 g/mol. The van der Waals surface area contributed by atoms with E-state index in [4.69, 9.17) is 24.6 Å². The van der Waals surface area contributed by atoms with Gasteiger partial charge in [-0.1, -0.05) is 24.3 Å². The first-order valence-corrected chi connectivity index (χ1v) is 13.8. The number of aromatic nitrogens is 1. The van der Waals surface area contributed by atoms with Crippen LogP contribution in [-0.2, 0) is 28.2 Å². The van der Waals surface area contributed by atoms with Gasteiger partial charge in [0.05, 0.1) is 16.0 Å². The molecular formula is C31H33N3O6S. The summed E-state index contributed by atoms with van der Waals surface area (Å²) in [5, 5.41) is 2.88. The summed E-state index contributed by atoms with van der Waals surface area (Å²) in [5.41, 5.74) is 1.83. The fraction of sp³-hybridized carbons (Fsp3) is 0.290. The molecule has 2 N–H and O–H groups in total. The zero-order chi connectivity index (χ0) is 38.8. The Hall–Kier alpha value is -4.31. The van der Waals surface area contributed by atoms with Crippen molar-refractivity contribution in [3.63, 3.8) is 0 Å². The number of rotatable bonds is 8. The number of ether oxygens (including phenoxy) is 2. The first kappa shape index (κ1) is 17.5. The minimum Gasteiger partial charge on any atom is -0.496 e. The molecule has 5 rings (SSSR count). The lowest BCUT2D eigenvalue weighted by Gasteiger charge is -2.13. The van der Waals surface area contributed by atoms with E-state index in [1.807, 2.05) is 4.72 Å². The Morgan fingerprint density at radius 2 is 1.85 bits per heavy atom. The fourth-order valence-electron chi connectivity index (χ4n) is 4.48. The van der Waals surface area contributed by atoms with Crippen LogP contribution in [0.4, 0.5) is 10.5 Å². The maximum absolute atomic E-state index is 13.1. The minimum absolute atomic E-state index is 0.0205. The van der Waals surface area contributed by atoms with Crippen LogP contribution in [-0.4, -0.2) is 38.1 Å². The lowest BCUT2D eigenvalue weighted by atomic mass is 10.0. The van der Waals surface area contributed by atoms with Crippen molar-refractivity contribution >= 4 is 38.6 Å². The number of anilines is 1. The van der Waals surface area contributed by atoms with Crippen LogP contribution in [0.5, 0.6) is 5.75 Å². The molecule has 1 aliphatic rings. The number of fused-ring (bicyclic) bond motifs is 1. The van der Waals surface area contributed by atoms with Gasteiger partial charge in [-0.2, -0.15) is 0 Å². The molecule has 0 radical (unpaired) electrons. The molecule has 0 saturated heterocycles. The number of hydrogen-bond acceptors (Lipinski definition) is 6. The van der Waals surface area contributed by atoms with Gasteiger partial charge in [0, 0.05) is 52.8 Å². The summed E-state index contributed by atoms with van der Waals surface area (Å²) in [4.78, 5) is 25.8. The van der Waals surface area contributed by atoms with E-state index >= 15 is 0 Å². The Kier molecular flexibility index (Phi) is 4.97. The van der Waals surface area contributed by atoms with Gasteiger partial charge >= 0.3 is 6.09 Å². The Morgan fingerprint density at radius 3 is 2.61 bits per heavy atom. The van der Waals surface area contributed by atoms with Gasteiger partial charge in [-0.3, -0.25) is 10.1 Å². The van der Waals surface area contributed by atoms with Gasteiger partial charge in [-0.15, -0.1) is 0 Å². The largest absolute Gasteiger partial charge is 0.496 e. The molecule has 1 aliphatic carbocycles. The number of sulfonamides is 1. The molecule has 4 aromatic rings. The molecular weight excluding hydrogens is 542 g/mol. The van der Waals surface area contributed by atoms with Gasteiger partial charge in [-0.05, 0) is 85.5 Å². The van der Waals surface area contributed by atoms with Gasteiger partial charge < -0.3 is 14.0 Å². The smallest absolute Gasteiger partial charge is 0.411 e. The van der Waals surface area contributed by atoms with Crippen molar-refractivity contribution in [3.05, 3.63) is 89.1 Å². The predicted molar refractivity (Wildman–Crippen MR) is 157 cm³/mol. The molecule has 9 nitrogen and oxygen atoms in total. The van der Waals surface area contributed by atoms with E-state index in [1.165, 1.54) is 36.4 Å². The number of aryl methyl sites for hydroxylation is 2. The average Bonchev–Trinajstić information content (AvgIpc) is 3.35. The van der Waals surface area contributed by atoms with Crippen molar-refractivity contribution in [1.29, 1.82) is 0 Å². The van der Waals surface area contributed by atoms with Crippen LogP contribution >= 0.6 is 0 Å². The quantitative estimate of drug-likeness (QED) is 0.274. The standard InChI is InChI=1S/C31H33N3O6S/c1-20-8-4-7-11-29(20)41(37,38)33-30(35)22-13-12-21(28(17-22)39-3)16-23-19-34(2)27-15-14-24(18-26(23)27)32-31(36)40-25-9-5-6-10-25/h4,7-8,11-15,17-19,25H,5-6,9-10,16H2,1-3H3,(H,32,36)(H,33,35)/i3D3,5D2,6D2,9D2,10D2. The van der Waals surface area contributed by atoms with Gasteiger partial charge in [0.25, 0.3) is 15.9 Å². The molecule has 1 fully saturated rings. The fourth-order valence-corrected chi connectivity index (χ4v) is 5.70. The second-order valence-corrected chi connectivity index (χ2v) is 10.9. The Balaban J connectivity index is 1.42. The zero-order valence-electron chi connectivity index (χ0n) is 32.9. The van der Waals surface area contributed by atoms with E-state index in [1.54, 1.807) is 42.9 Å². The molecule has 0 spiro atoms. The molecule has 0 aliphatic heterocycles. The summed E-state index contributed by atoms with van der Waals surface area (Å²) in [5.74, 6) is -1.25. The number of amides is 2. The summed E-state index contributed by atoms with van der Waals surface area (Å²) in [7, 11) is -5.50. The first-order valence-electron chi connectivity index (χ1n) is 17.8. The number of carbonyl (C=O) groups excluding carboxylic acids is 2. The molecule has 1 aromatic heterocycles. The number of nitrogens with one attached hydrogen (secondary N) is 2. The van der Waals surface area contributed by atoms with E-state index in [9.17, 15) is 18.0 Å². The van der Waals surface area contributed by atoms with E-state index < -0.39 is 60.7 Å². The maximum atomic E-state index is 13.1. The van der Waals surface area contributed by atoms with E-state index in [2.05, 4.69) is 5.32 Å². The number of hydrogen-bond donors (Lipinski definition) is 2. The molecule has 0 atom stereocenters. The topological polar surface area (TPSA) is 116 Å². The lowest BCUT2D eigenvalue weighted by molar-refractivity contribution is 0.0980. The number of carbonyl (C=O) groups is 2. The molecule has 10 heteroatoms. The first-order chi connectivity index (χ1) is 23.8. The third-order valence-corrected chi connectivity index (χ3v) is 7.93. The molecule has 0 unspecified atom stereocenters. The third-order valence-electron chi connectivity index (χ3n) is 6.44. The molecule has 214 valence electrons. The molecule has 1 heterocycles. The Labute approximate surface area is 255 Å². The van der Waals surface area contributed by atoms with Crippen LogP contribution in [0.2, 0.25) is 0 Å². The van der Waals surface area contributed by atoms with Crippen molar-refractivity contribution < 1.29 is 42.6 Å². The van der Waals surface area contributed by atoms with Crippen LogP contribution in [0.3, 0.4) is 0 Å². The van der Waals surface area contributed by atoms with Crippen molar-refractivity contribution in [2.24, 2.45) is 7.05 Å². The summed E-state index contributed by atoms with van der Waals surface area (Å²) in [6, 6.07) is 14.5. The van der Waals surface area contributed by atoms with Crippen LogP contribution in [0.15, 0.2) is 71.8 Å². The van der Waals surface area contributed by atoms with Gasteiger partial charge in [0.1, 0.15) is 11.9 Å². The lowest BCUT2D eigenvalue weighted by Crippen LogP contribution is -2.31. The molecule has 0 bridgehead atoms. The van der Waals surface area contributed by atoms with E-state index in [0.717, 1.165) is 6.07 Å². The Morgan fingerprint density at radius 1 is 1.07 bits per heavy atom. The SMILES string of the molecule is [2H]C([2H])([2H])Oc1cc(C(=O)NS(=O)(=O)c2ccccc2C)ccc1Cc1cn(C)c2ccc(NC(=O)OC3C([2H])([2H])C([2H])([2H])C([2H])([2H])C3([2H])[2H])cc12. The van der Waals surface area contributed by atoms with Crippen LogP contribution in [0.25, 0.3) is 10.9 Å². The summed E-state index contributed by atoms with van der Waals surface area (Å²) in [6.45, 7) is 1.57. The van der Waals surface area contributed by atoms with Crippen molar-refractivity contribution in [2.75, 3.05) is 12.4 Å². The highest BCUT2D eigenvalue weighted by Gasteiger charge is 2.22. The monoisotopic (exact) mass is 586 g/mol. The highest BCUT2D eigenvalue weighted by atomic mass is 32.2. The predicted octanol–water partition coefficient (Wildman–Crippen LogP) is 5.70. The number of methoxy groups -OCH3 is 1. The van der Waals surface area contributed by atoms with Crippen molar-refractivity contribution in [2.45, 2.75) is 49.8 Å². The Bertz CT molecular complexity index is 2160. The minimum atomic E-state index is -4.27. The summed E-state index contributed by atoms with van der Waals surface area (Å²) in [6.07, 6.45) is -15.2. The number of benzene rings is 3. The van der Waals surface area contributed by atoms with Crippen LogP contribution in [0.1, 0.15) is 67.6 Å². The highest BCUT2D eigenvalue weighted by Crippen LogP contribution is 2.30. The maximum Gasteiger partial charge on any atom is 0.411 e. The molecule has 1 saturated carbocycles. The molecule has 41 heavy (non-hydrogen) atoms. The second-order valence-electron chi connectivity index (χ2n) is 9.25. The summed E-state index contributed by atoms with van der Waals surface area (Å²) >= 11 is 0. The summed E-state index contributed by atoms with van der Waals surface area (Å²) < 4.78 is 127. The second kappa shape index (κ2) is 11.7. The van der Waals surface area contributed by atoms with E-state index in [-0.39, 0.29) is 28.3 Å². The molecule has 3 aromatic carbocycles.